The number of aromatic nitrogens is 1. The molecule has 0 aromatic carbocycles. The average molecular weight is 183 g/mol. The predicted octanol–water partition coefficient (Wildman–Crippen LogP) is 1.93. The maximum Gasteiger partial charge on any atom is 0.184 e. The van der Waals surface area contributed by atoms with E-state index < -0.39 is 0 Å². The van der Waals surface area contributed by atoms with Crippen LogP contribution in [0.2, 0.25) is 0 Å². The van der Waals surface area contributed by atoms with Crippen LogP contribution in [0.4, 0.5) is 10.1 Å². The van der Waals surface area contributed by atoms with E-state index in [9.17, 15) is 0 Å². The number of nitrogens with zero attached hydrogens (tertiary/aromatic N) is 1. The van der Waals surface area contributed by atoms with Gasteiger partial charge in [-0.3, -0.25) is 0 Å². The molecule has 0 radical (unpaired) electrons. The van der Waals surface area contributed by atoms with E-state index in [1.165, 1.54) is 17.1 Å². The number of anilines is 2. The Bertz CT molecular complexity index is 246. The summed E-state index contributed by atoms with van der Waals surface area (Å²) in [5, 5.41) is 8.90. The molecule has 0 bridgehead atoms. The van der Waals surface area contributed by atoms with E-state index in [0.717, 1.165) is 24.6 Å². The van der Waals surface area contributed by atoms with Gasteiger partial charge in [-0.2, -0.15) is 0 Å². The van der Waals surface area contributed by atoms with Crippen LogP contribution in [0.5, 0.6) is 0 Å². The van der Waals surface area contributed by atoms with Crippen molar-refractivity contribution in [2.45, 2.75) is 19.8 Å². The van der Waals surface area contributed by atoms with Crippen molar-refractivity contribution < 1.29 is 0 Å². The average Bonchev–Trinajstić information content (AvgIpc) is 2.47. The maximum atomic E-state index is 4.49. The van der Waals surface area contributed by atoms with E-state index in [1.807, 2.05) is 0 Å². The van der Waals surface area contributed by atoms with Gasteiger partial charge >= 0.3 is 0 Å². The SMILES string of the molecule is CCNc1nc2c(s1)NCCC2. The molecule has 0 aliphatic carbocycles. The normalized spacial score (nSPS) is 15.1. The molecular formula is C8H13N3S. The van der Waals surface area contributed by atoms with E-state index in [4.69, 9.17) is 0 Å². The van der Waals surface area contributed by atoms with E-state index in [2.05, 4.69) is 22.5 Å². The van der Waals surface area contributed by atoms with Crippen LogP contribution in [-0.2, 0) is 6.42 Å². The quantitative estimate of drug-likeness (QED) is 0.735. The Labute approximate surface area is 76.2 Å². The first kappa shape index (κ1) is 7.86. The number of aryl methyl sites for hydroxylation is 1. The minimum atomic E-state index is 0.951. The molecule has 1 aliphatic heterocycles. The molecule has 1 aromatic heterocycles. The first-order valence-electron chi connectivity index (χ1n) is 4.37. The summed E-state index contributed by atoms with van der Waals surface area (Å²) in [5.74, 6) is 0. The van der Waals surface area contributed by atoms with Crippen LogP contribution < -0.4 is 10.6 Å². The highest BCUT2D eigenvalue weighted by Crippen LogP contribution is 2.31. The molecule has 2 heterocycles. The Morgan fingerprint density at radius 3 is 3.33 bits per heavy atom. The smallest absolute Gasteiger partial charge is 0.184 e. The molecule has 0 atom stereocenters. The first-order valence-corrected chi connectivity index (χ1v) is 5.19. The van der Waals surface area contributed by atoms with E-state index in [0.29, 0.717) is 0 Å². The van der Waals surface area contributed by atoms with Crippen LogP contribution in [-0.4, -0.2) is 18.1 Å². The lowest BCUT2D eigenvalue weighted by atomic mass is 10.2. The zero-order chi connectivity index (χ0) is 8.39. The van der Waals surface area contributed by atoms with Crippen LogP contribution >= 0.6 is 11.3 Å². The van der Waals surface area contributed by atoms with Crippen LogP contribution in [0.25, 0.3) is 0 Å². The summed E-state index contributed by atoms with van der Waals surface area (Å²) in [6.45, 7) is 4.14. The molecule has 66 valence electrons. The number of nitrogens with one attached hydrogen (secondary N) is 2. The summed E-state index contributed by atoms with van der Waals surface area (Å²) in [5.41, 5.74) is 1.24. The lowest BCUT2D eigenvalue weighted by Gasteiger charge is -2.10. The summed E-state index contributed by atoms with van der Waals surface area (Å²) in [6, 6.07) is 0. The van der Waals surface area contributed by atoms with Crippen molar-refractivity contribution in [3.8, 4) is 0 Å². The van der Waals surface area contributed by atoms with Gasteiger partial charge in [0.2, 0.25) is 0 Å². The summed E-state index contributed by atoms with van der Waals surface area (Å²) >= 11 is 1.73. The number of fused-ring (bicyclic) bond motifs is 1. The monoisotopic (exact) mass is 183 g/mol. The van der Waals surface area contributed by atoms with Gasteiger partial charge in [-0.1, -0.05) is 11.3 Å². The number of thiazole rings is 1. The fraction of sp³-hybridized carbons (Fsp3) is 0.625. The van der Waals surface area contributed by atoms with Crippen LogP contribution in [0.1, 0.15) is 19.0 Å². The topological polar surface area (TPSA) is 37.0 Å². The molecule has 0 spiro atoms. The molecule has 1 aliphatic rings. The molecule has 2 N–H and O–H groups in total. The lowest BCUT2D eigenvalue weighted by Crippen LogP contribution is -2.09. The summed E-state index contributed by atoms with van der Waals surface area (Å²) in [7, 11) is 0. The zero-order valence-electron chi connectivity index (χ0n) is 7.18. The van der Waals surface area contributed by atoms with E-state index >= 15 is 0 Å². The molecular weight excluding hydrogens is 170 g/mol. The van der Waals surface area contributed by atoms with Gasteiger partial charge < -0.3 is 10.6 Å². The fourth-order valence-electron chi connectivity index (χ4n) is 1.34. The summed E-state index contributed by atoms with van der Waals surface area (Å²) < 4.78 is 0. The lowest BCUT2D eigenvalue weighted by molar-refractivity contribution is 0.814. The third-order valence-electron chi connectivity index (χ3n) is 1.90. The second-order valence-corrected chi connectivity index (χ2v) is 3.85. The Morgan fingerprint density at radius 1 is 1.67 bits per heavy atom. The van der Waals surface area contributed by atoms with Gasteiger partial charge in [0.1, 0.15) is 5.00 Å². The summed E-state index contributed by atoms with van der Waals surface area (Å²) in [4.78, 5) is 4.49. The van der Waals surface area contributed by atoms with Crippen molar-refractivity contribution in [2.75, 3.05) is 23.7 Å². The highest BCUT2D eigenvalue weighted by atomic mass is 32.1. The number of rotatable bonds is 2. The first-order chi connectivity index (χ1) is 5.90. The van der Waals surface area contributed by atoms with E-state index in [-0.39, 0.29) is 0 Å². The van der Waals surface area contributed by atoms with Crippen molar-refractivity contribution in [1.29, 1.82) is 0 Å². The van der Waals surface area contributed by atoms with Gasteiger partial charge in [-0.15, -0.1) is 0 Å². The standard InChI is InChI=1S/C8H13N3S/c1-2-9-8-11-6-4-3-5-10-7(6)12-8/h10H,2-5H2,1H3,(H,9,11). The van der Waals surface area contributed by atoms with Gasteiger partial charge in [0.25, 0.3) is 0 Å². The third kappa shape index (κ3) is 1.39. The largest absolute Gasteiger partial charge is 0.375 e. The summed E-state index contributed by atoms with van der Waals surface area (Å²) in [6.07, 6.45) is 2.34. The molecule has 4 heteroatoms. The zero-order valence-corrected chi connectivity index (χ0v) is 8.00. The molecule has 0 saturated carbocycles. The van der Waals surface area contributed by atoms with Crippen molar-refractivity contribution in [1.82, 2.24) is 4.98 Å². The third-order valence-corrected chi connectivity index (χ3v) is 2.91. The van der Waals surface area contributed by atoms with Crippen molar-refractivity contribution in [2.24, 2.45) is 0 Å². The fourth-order valence-corrected chi connectivity index (χ4v) is 2.35. The van der Waals surface area contributed by atoms with Gasteiger partial charge in [0, 0.05) is 13.1 Å². The van der Waals surface area contributed by atoms with Gasteiger partial charge in [-0.25, -0.2) is 4.98 Å². The van der Waals surface area contributed by atoms with Gasteiger partial charge in [0.15, 0.2) is 5.13 Å². The van der Waals surface area contributed by atoms with Crippen LogP contribution in [0.3, 0.4) is 0 Å². The van der Waals surface area contributed by atoms with Crippen molar-refractivity contribution in [3.63, 3.8) is 0 Å². The van der Waals surface area contributed by atoms with Gasteiger partial charge in [0.05, 0.1) is 5.69 Å². The Hall–Kier alpha value is -0.770. The van der Waals surface area contributed by atoms with Gasteiger partial charge in [-0.05, 0) is 19.8 Å². The Balaban J connectivity index is 2.20. The minimum absolute atomic E-state index is 0.951. The number of hydrogen-bond acceptors (Lipinski definition) is 4. The molecule has 0 saturated heterocycles. The van der Waals surface area contributed by atoms with Crippen LogP contribution in [0, 0.1) is 0 Å². The molecule has 1 aromatic rings. The molecule has 12 heavy (non-hydrogen) atoms. The van der Waals surface area contributed by atoms with Crippen molar-refractivity contribution >= 4 is 21.5 Å². The van der Waals surface area contributed by atoms with Crippen LogP contribution in [0.15, 0.2) is 0 Å². The Morgan fingerprint density at radius 2 is 2.58 bits per heavy atom. The Kier molecular flexibility index (Phi) is 2.17. The predicted molar refractivity (Wildman–Crippen MR) is 53.1 cm³/mol. The maximum absolute atomic E-state index is 4.49. The highest BCUT2D eigenvalue weighted by molar-refractivity contribution is 7.19. The molecule has 3 nitrogen and oxygen atoms in total. The van der Waals surface area contributed by atoms with E-state index in [1.54, 1.807) is 11.3 Å². The highest BCUT2D eigenvalue weighted by Gasteiger charge is 2.13. The second kappa shape index (κ2) is 3.31. The number of hydrogen-bond donors (Lipinski definition) is 2. The molecule has 0 unspecified atom stereocenters. The molecule has 2 rings (SSSR count). The molecule has 0 fully saturated rings. The second-order valence-electron chi connectivity index (χ2n) is 2.86. The van der Waals surface area contributed by atoms with Crippen molar-refractivity contribution in [3.05, 3.63) is 5.69 Å². The minimum Gasteiger partial charge on any atom is -0.375 e. The molecule has 0 amide bonds.